The van der Waals surface area contributed by atoms with Gasteiger partial charge >= 0.3 is 0 Å². The number of rotatable bonds is 5. The van der Waals surface area contributed by atoms with Crippen LogP contribution >= 0.6 is 15.9 Å². The highest BCUT2D eigenvalue weighted by atomic mass is 79.9. The zero-order chi connectivity index (χ0) is 13.8. The van der Waals surface area contributed by atoms with E-state index in [0.29, 0.717) is 6.42 Å². The van der Waals surface area contributed by atoms with E-state index < -0.39 is 0 Å². The predicted octanol–water partition coefficient (Wildman–Crippen LogP) is 3.44. The summed E-state index contributed by atoms with van der Waals surface area (Å²) in [7, 11) is 0. The Hall–Kier alpha value is -1.20. The maximum Gasteiger partial charge on any atom is 0.123 e. The first-order chi connectivity index (χ1) is 9.11. The Morgan fingerprint density at radius 2 is 2.26 bits per heavy atom. The van der Waals surface area contributed by atoms with E-state index in [0.717, 1.165) is 28.8 Å². The minimum absolute atomic E-state index is 0.273. The molecule has 0 saturated carbocycles. The minimum Gasteiger partial charge on any atom is -0.335 e. The fourth-order valence-electron chi connectivity index (χ4n) is 2.08. The topological polar surface area (TPSA) is 43.8 Å². The van der Waals surface area contributed by atoms with Gasteiger partial charge in [0.25, 0.3) is 0 Å². The molecule has 0 bridgehead atoms. The molecular weight excluding hydrogens is 309 g/mol. The van der Waals surface area contributed by atoms with Crippen LogP contribution < -0.4 is 5.73 Å². The van der Waals surface area contributed by atoms with Crippen molar-refractivity contribution in [3.63, 3.8) is 0 Å². The van der Waals surface area contributed by atoms with Crippen molar-refractivity contribution in [1.82, 2.24) is 9.55 Å². The molecular formula is C14H17BrFN3. The van der Waals surface area contributed by atoms with Gasteiger partial charge < -0.3 is 10.3 Å². The Morgan fingerprint density at radius 1 is 1.47 bits per heavy atom. The summed E-state index contributed by atoms with van der Waals surface area (Å²) in [4.78, 5) is 4.33. The van der Waals surface area contributed by atoms with Crippen LogP contribution in [0.4, 0.5) is 4.39 Å². The molecule has 19 heavy (non-hydrogen) atoms. The van der Waals surface area contributed by atoms with E-state index in [1.165, 1.54) is 12.1 Å². The van der Waals surface area contributed by atoms with Crippen molar-refractivity contribution in [2.45, 2.75) is 32.4 Å². The van der Waals surface area contributed by atoms with E-state index in [9.17, 15) is 4.39 Å². The molecule has 102 valence electrons. The van der Waals surface area contributed by atoms with Gasteiger partial charge in [-0.15, -0.1) is 0 Å². The zero-order valence-corrected chi connectivity index (χ0v) is 12.4. The second kappa shape index (κ2) is 6.30. The number of nitrogens with two attached hydrogens (primary N) is 1. The molecule has 2 rings (SSSR count). The standard InChI is InChI=1S/C14H17BrFN3/c1-2-6-19-7-5-18-14(19)9-13(17)11-8-10(16)3-4-12(11)15/h3-5,7-8,13H,2,6,9,17H2,1H3. The van der Waals surface area contributed by atoms with Crippen LogP contribution in [0.2, 0.25) is 0 Å². The fraction of sp³-hybridized carbons (Fsp3) is 0.357. The molecule has 0 aliphatic heterocycles. The smallest absolute Gasteiger partial charge is 0.123 e. The van der Waals surface area contributed by atoms with Crippen molar-refractivity contribution in [3.05, 3.63) is 52.3 Å². The van der Waals surface area contributed by atoms with Gasteiger partial charge in [0.2, 0.25) is 0 Å². The fourth-order valence-corrected chi connectivity index (χ4v) is 2.62. The third kappa shape index (κ3) is 3.42. The van der Waals surface area contributed by atoms with Crippen molar-refractivity contribution in [2.24, 2.45) is 5.73 Å². The zero-order valence-electron chi connectivity index (χ0n) is 10.8. The second-order valence-electron chi connectivity index (χ2n) is 4.51. The van der Waals surface area contributed by atoms with Crippen LogP contribution in [-0.4, -0.2) is 9.55 Å². The van der Waals surface area contributed by atoms with Gasteiger partial charge in [-0.05, 0) is 30.2 Å². The average Bonchev–Trinajstić information content (AvgIpc) is 2.80. The molecule has 1 unspecified atom stereocenters. The molecule has 0 spiro atoms. The predicted molar refractivity (Wildman–Crippen MR) is 77.3 cm³/mol. The Bertz CT molecular complexity index is 553. The van der Waals surface area contributed by atoms with Crippen LogP contribution in [0, 0.1) is 5.82 Å². The molecule has 5 heteroatoms. The summed E-state index contributed by atoms with van der Waals surface area (Å²) in [6, 6.07) is 4.30. The normalized spacial score (nSPS) is 12.6. The number of halogens is 2. The maximum absolute atomic E-state index is 13.3. The Balaban J connectivity index is 2.18. The highest BCUT2D eigenvalue weighted by molar-refractivity contribution is 9.10. The lowest BCUT2D eigenvalue weighted by molar-refractivity contribution is 0.589. The van der Waals surface area contributed by atoms with E-state index in [1.807, 2.05) is 6.20 Å². The lowest BCUT2D eigenvalue weighted by atomic mass is 10.0. The average molecular weight is 326 g/mol. The van der Waals surface area contributed by atoms with Gasteiger partial charge in [-0.2, -0.15) is 0 Å². The van der Waals surface area contributed by atoms with E-state index >= 15 is 0 Å². The van der Waals surface area contributed by atoms with Gasteiger partial charge in [0.1, 0.15) is 11.6 Å². The number of hydrogen-bond acceptors (Lipinski definition) is 2. The SMILES string of the molecule is CCCn1ccnc1CC(N)c1cc(F)ccc1Br. The molecule has 0 radical (unpaired) electrons. The third-order valence-corrected chi connectivity index (χ3v) is 3.75. The molecule has 1 aromatic heterocycles. The first-order valence-corrected chi connectivity index (χ1v) is 7.11. The summed E-state index contributed by atoms with van der Waals surface area (Å²) in [5, 5.41) is 0. The first kappa shape index (κ1) is 14.2. The molecule has 0 saturated heterocycles. The van der Waals surface area contributed by atoms with Crippen LogP contribution in [0.15, 0.2) is 35.1 Å². The maximum atomic E-state index is 13.3. The summed E-state index contributed by atoms with van der Waals surface area (Å²) >= 11 is 3.41. The highest BCUT2D eigenvalue weighted by Gasteiger charge is 2.14. The molecule has 1 aromatic carbocycles. The van der Waals surface area contributed by atoms with E-state index in [-0.39, 0.29) is 11.9 Å². The molecule has 2 aromatic rings. The van der Waals surface area contributed by atoms with Crippen LogP contribution in [-0.2, 0) is 13.0 Å². The van der Waals surface area contributed by atoms with Gasteiger partial charge in [-0.1, -0.05) is 22.9 Å². The highest BCUT2D eigenvalue weighted by Crippen LogP contribution is 2.25. The molecule has 0 aliphatic carbocycles. The Labute approximate surface area is 120 Å². The number of aromatic nitrogens is 2. The molecule has 1 atom stereocenters. The molecule has 0 fully saturated rings. The molecule has 1 heterocycles. The Morgan fingerprint density at radius 3 is 3.00 bits per heavy atom. The van der Waals surface area contributed by atoms with Crippen LogP contribution in [0.3, 0.4) is 0 Å². The number of nitrogens with zero attached hydrogens (tertiary/aromatic N) is 2. The van der Waals surface area contributed by atoms with Gasteiger partial charge in [-0.3, -0.25) is 0 Å². The Kier molecular flexibility index (Phi) is 4.71. The summed E-state index contributed by atoms with van der Waals surface area (Å²) in [5.41, 5.74) is 6.94. The van der Waals surface area contributed by atoms with Gasteiger partial charge in [-0.25, -0.2) is 9.37 Å². The summed E-state index contributed by atoms with van der Waals surface area (Å²) < 4.78 is 16.2. The largest absolute Gasteiger partial charge is 0.335 e. The number of imidazole rings is 1. The van der Waals surface area contributed by atoms with Crippen LogP contribution in [0.5, 0.6) is 0 Å². The quantitative estimate of drug-likeness (QED) is 0.915. The third-order valence-electron chi connectivity index (χ3n) is 3.03. The van der Waals surface area contributed by atoms with Gasteiger partial charge in [0.15, 0.2) is 0 Å². The van der Waals surface area contributed by atoms with E-state index in [2.05, 4.69) is 32.4 Å². The van der Waals surface area contributed by atoms with Crippen molar-refractivity contribution in [2.75, 3.05) is 0 Å². The molecule has 0 amide bonds. The molecule has 2 N–H and O–H groups in total. The van der Waals surface area contributed by atoms with Crippen LogP contribution in [0.1, 0.15) is 30.8 Å². The van der Waals surface area contributed by atoms with Gasteiger partial charge in [0.05, 0.1) is 0 Å². The molecule has 0 aliphatic rings. The monoisotopic (exact) mass is 325 g/mol. The summed E-state index contributed by atoms with van der Waals surface area (Å²) in [5.74, 6) is 0.663. The first-order valence-electron chi connectivity index (χ1n) is 6.32. The second-order valence-corrected chi connectivity index (χ2v) is 5.37. The number of benzene rings is 1. The minimum atomic E-state index is -0.275. The lowest BCUT2D eigenvalue weighted by Crippen LogP contribution is -2.17. The van der Waals surface area contributed by atoms with Crippen LogP contribution in [0.25, 0.3) is 0 Å². The van der Waals surface area contributed by atoms with E-state index in [1.54, 1.807) is 12.3 Å². The van der Waals surface area contributed by atoms with Gasteiger partial charge in [0, 0.05) is 35.9 Å². The number of aryl methyl sites for hydroxylation is 1. The van der Waals surface area contributed by atoms with Crippen molar-refractivity contribution >= 4 is 15.9 Å². The van der Waals surface area contributed by atoms with Crippen molar-refractivity contribution in [1.29, 1.82) is 0 Å². The molecule has 3 nitrogen and oxygen atoms in total. The van der Waals surface area contributed by atoms with Crippen molar-refractivity contribution < 1.29 is 4.39 Å². The number of hydrogen-bond donors (Lipinski definition) is 1. The van der Waals surface area contributed by atoms with Crippen molar-refractivity contribution in [3.8, 4) is 0 Å². The lowest BCUT2D eigenvalue weighted by Gasteiger charge is -2.15. The van der Waals surface area contributed by atoms with E-state index in [4.69, 9.17) is 5.73 Å². The summed E-state index contributed by atoms with van der Waals surface area (Å²) in [6.45, 7) is 3.04. The summed E-state index contributed by atoms with van der Waals surface area (Å²) in [6.07, 6.45) is 5.36.